The monoisotopic (exact) mass is 292 g/mol. The van der Waals surface area contributed by atoms with Gasteiger partial charge in [-0.05, 0) is 49.3 Å². The quantitative estimate of drug-likeness (QED) is 0.724. The number of rotatable bonds is 5. The van der Waals surface area contributed by atoms with Crippen LogP contribution in [0, 0.1) is 5.92 Å². The standard InChI is InChI=1S/C16H24N2O3/c19-12-14-7-10-18(11-8-14)16(21)17-9-1-2-13-3-5-15(20)6-4-13/h3-6,14,19-20H,1-2,7-12H2,(H,17,21). The molecule has 1 saturated heterocycles. The summed E-state index contributed by atoms with van der Waals surface area (Å²) in [5.41, 5.74) is 1.16. The summed E-state index contributed by atoms with van der Waals surface area (Å²) in [6.45, 7) is 2.34. The summed E-state index contributed by atoms with van der Waals surface area (Å²) in [7, 11) is 0. The van der Waals surface area contributed by atoms with E-state index in [0.717, 1.165) is 44.3 Å². The Morgan fingerprint density at radius 2 is 1.90 bits per heavy atom. The van der Waals surface area contributed by atoms with Crippen molar-refractivity contribution in [3.8, 4) is 5.75 Å². The highest BCUT2D eigenvalue weighted by Crippen LogP contribution is 2.16. The minimum absolute atomic E-state index is 0.00269. The van der Waals surface area contributed by atoms with Crippen LogP contribution >= 0.6 is 0 Å². The maximum Gasteiger partial charge on any atom is 0.317 e. The molecule has 21 heavy (non-hydrogen) atoms. The number of benzene rings is 1. The highest BCUT2D eigenvalue weighted by molar-refractivity contribution is 5.74. The van der Waals surface area contributed by atoms with Gasteiger partial charge >= 0.3 is 6.03 Å². The Morgan fingerprint density at radius 3 is 2.52 bits per heavy atom. The second-order valence-electron chi connectivity index (χ2n) is 5.61. The third kappa shape index (κ3) is 4.93. The number of piperidine rings is 1. The number of carbonyl (C=O) groups excluding carboxylic acids is 1. The Kier molecular flexibility index (Phi) is 5.87. The minimum atomic E-state index is -0.00269. The molecule has 5 nitrogen and oxygen atoms in total. The first-order valence-corrected chi connectivity index (χ1v) is 7.60. The molecule has 1 aromatic rings. The lowest BCUT2D eigenvalue weighted by atomic mass is 9.98. The van der Waals surface area contributed by atoms with Gasteiger partial charge < -0.3 is 20.4 Å². The number of aryl methyl sites for hydroxylation is 1. The third-order valence-electron chi connectivity index (χ3n) is 4.01. The van der Waals surface area contributed by atoms with Gasteiger partial charge in [0, 0.05) is 26.2 Å². The van der Waals surface area contributed by atoms with E-state index in [4.69, 9.17) is 5.11 Å². The molecule has 0 bridgehead atoms. The molecule has 1 aliphatic rings. The molecule has 116 valence electrons. The molecular formula is C16H24N2O3. The first-order chi connectivity index (χ1) is 10.2. The van der Waals surface area contributed by atoms with Crippen LogP contribution in [-0.2, 0) is 6.42 Å². The molecule has 0 aromatic heterocycles. The third-order valence-corrected chi connectivity index (χ3v) is 4.01. The SMILES string of the molecule is O=C(NCCCc1ccc(O)cc1)N1CCC(CO)CC1. The summed E-state index contributed by atoms with van der Waals surface area (Å²) >= 11 is 0. The fourth-order valence-corrected chi connectivity index (χ4v) is 2.58. The Morgan fingerprint density at radius 1 is 1.24 bits per heavy atom. The van der Waals surface area contributed by atoms with Crippen LogP contribution < -0.4 is 5.32 Å². The molecule has 0 spiro atoms. The molecule has 0 unspecified atom stereocenters. The van der Waals surface area contributed by atoms with Crippen LogP contribution in [0.5, 0.6) is 5.75 Å². The molecule has 0 atom stereocenters. The number of phenols is 1. The number of hydrogen-bond donors (Lipinski definition) is 3. The second kappa shape index (κ2) is 7.88. The first-order valence-electron chi connectivity index (χ1n) is 7.60. The van der Waals surface area contributed by atoms with Gasteiger partial charge in [0.2, 0.25) is 0 Å². The van der Waals surface area contributed by atoms with E-state index in [1.807, 2.05) is 17.0 Å². The number of aromatic hydroxyl groups is 1. The molecule has 1 fully saturated rings. The summed E-state index contributed by atoms with van der Waals surface area (Å²) in [6.07, 6.45) is 3.53. The average Bonchev–Trinajstić information content (AvgIpc) is 2.53. The van der Waals surface area contributed by atoms with Crippen molar-refractivity contribution in [1.82, 2.24) is 10.2 Å². The summed E-state index contributed by atoms with van der Waals surface area (Å²) in [4.78, 5) is 13.8. The van der Waals surface area contributed by atoms with Crippen molar-refractivity contribution in [2.45, 2.75) is 25.7 Å². The second-order valence-corrected chi connectivity index (χ2v) is 5.61. The fourth-order valence-electron chi connectivity index (χ4n) is 2.58. The number of hydrogen-bond acceptors (Lipinski definition) is 3. The lowest BCUT2D eigenvalue weighted by Gasteiger charge is -2.31. The normalized spacial score (nSPS) is 16.0. The van der Waals surface area contributed by atoms with Crippen molar-refractivity contribution < 1.29 is 15.0 Å². The number of nitrogens with one attached hydrogen (secondary N) is 1. The number of nitrogens with zero attached hydrogens (tertiary/aromatic N) is 1. The molecule has 0 saturated carbocycles. The van der Waals surface area contributed by atoms with Gasteiger partial charge in [0.05, 0.1) is 0 Å². The van der Waals surface area contributed by atoms with Crippen LogP contribution in [-0.4, -0.2) is 47.4 Å². The highest BCUT2D eigenvalue weighted by Gasteiger charge is 2.21. The van der Waals surface area contributed by atoms with Crippen molar-refractivity contribution in [2.24, 2.45) is 5.92 Å². The van der Waals surface area contributed by atoms with Gasteiger partial charge in [0.1, 0.15) is 5.75 Å². The van der Waals surface area contributed by atoms with E-state index >= 15 is 0 Å². The van der Waals surface area contributed by atoms with E-state index in [1.54, 1.807) is 12.1 Å². The maximum atomic E-state index is 12.0. The highest BCUT2D eigenvalue weighted by atomic mass is 16.3. The molecular weight excluding hydrogens is 268 g/mol. The number of aliphatic hydroxyl groups excluding tert-OH is 1. The molecule has 1 aromatic carbocycles. The minimum Gasteiger partial charge on any atom is -0.508 e. The molecule has 1 aliphatic heterocycles. The number of aliphatic hydroxyl groups is 1. The zero-order valence-electron chi connectivity index (χ0n) is 12.3. The topological polar surface area (TPSA) is 72.8 Å². The Labute approximate surface area is 125 Å². The Bertz CT molecular complexity index is 439. The Balaban J connectivity index is 1.62. The first kappa shape index (κ1) is 15.6. The molecule has 0 radical (unpaired) electrons. The van der Waals surface area contributed by atoms with Crippen LogP contribution in [0.4, 0.5) is 4.79 Å². The summed E-state index contributed by atoms with van der Waals surface area (Å²) < 4.78 is 0. The van der Waals surface area contributed by atoms with Crippen molar-refractivity contribution in [1.29, 1.82) is 0 Å². The number of urea groups is 1. The van der Waals surface area contributed by atoms with Gasteiger partial charge in [-0.3, -0.25) is 0 Å². The van der Waals surface area contributed by atoms with Crippen LogP contribution in [0.15, 0.2) is 24.3 Å². The van der Waals surface area contributed by atoms with E-state index < -0.39 is 0 Å². The van der Waals surface area contributed by atoms with Gasteiger partial charge in [-0.2, -0.15) is 0 Å². The van der Waals surface area contributed by atoms with Crippen LogP contribution in [0.2, 0.25) is 0 Å². The lowest BCUT2D eigenvalue weighted by Crippen LogP contribution is -2.45. The average molecular weight is 292 g/mol. The van der Waals surface area contributed by atoms with Crippen molar-refractivity contribution >= 4 is 6.03 Å². The molecule has 3 N–H and O–H groups in total. The van der Waals surface area contributed by atoms with E-state index in [-0.39, 0.29) is 18.4 Å². The van der Waals surface area contributed by atoms with Crippen LogP contribution in [0.25, 0.3) is 0 Å². The zero-order valence-corrected chi connectivity index (χ0v) is 12.3. The van der Waals surface area contributed by atoms with Crippen molar-refractivity contribution in [2.75, 3.05) is 26.2 Å². The summed E-state index contributed by atoms with van der Waals surface area (Å²) in [5, 5.41) is 21.2. The van der Waals surface area contributed by atoms with Crippen LogP contribution in [0.1, 0.15) is 24.8 Å². The van der Waals surface area contributed by atoms with Gasteiger partial charge in [-0.15, -0.1) is 0 Å². The number of phenolic OH excluding ortho intramolecular Hbond substituents is 1. The lowest BCUT2D eigenvalue weighted by molar-refractivity contribution is 0.137. The molecule has 2 rings (SSSR count). The van der Waals surface area contributed by atoms with Crippen molar-refractivity contribution in [3.05, 3.63) is 29.8 Å². The van der Waals surface area contributed by atoms with Crippen molar-refractivity contribution in [3.63, 3.8) is 0 Å². The number of amides is 2. The van der Waals surface area contributed by atoms with Gasteiger partial charge in [-0.25, -0.2) is 4.79 Å². The van der Waals surface area contributed by atoms with E-state index in [9.17, 15) is 9.90 Å². The summed E-state index contributed by atoms with van der Waals surface area (Å²) in [5.74, 6) is 0.627. The van der Waals surface area contributed by atoms with E-state index in [2.05, 4.69) is 5.32 Å². The van der Waals surface area contributed by atoms with Gasteiger partial charge in [0.25, 0.3) is 0 Å². The fraction of sp³-hybridized carbons (Fsp3) is 0.562. The molecule has 1 heterocycles. The summed E-state index contributed by atoms with van der Waals surface area (Å²) in [6, 6.07) is 7.16. The molecule has 5 heteroatoms. The molecule has 0 aliphatic carbocycles. The predicted octanol–water partition coefficient (Wildman–Crippen LogP) is 1.74. The van der Waals surface area contributed by atoms with E-state index in [0.29, 0.717) is 12.5 Å². The van der Waals surface area contributed by atoms with Gasteiger partial charge in [0.15, 0.2) is 0 Å². The number of likely N-dealkylation sites (tertiary alicyclic amines) is 1. The Hall–Kier alpha value is -1.75. The van der Waals surface area contributed by atoms with E-state index in [1.165, 1.54) is 0 Å². The van der Waals surface area contributed by atoms with Gasteiger partial charge in [-0.1, -0.05) is 12.1 Å². The zero-order chi connectivity index (χ0) is 15.1. The largest absolute Gasteiger partial charge is 0.508 e. The van der Waals surface area contributed by atoms with Crippen LogP contribution in [0.3, 0.4) is 0 Å². The maximum absolute atomic E-state index is 12.0. The predicted molar refractivity (Wildman–Crippen MR) is 81.2 cm³/mol. The molecule has 2 amide bonds. The smallest absolute Gasteiger partial charge is 0.317 e. The number of carbonyl (C=O) groups is 1.